The fourth-order valence-electron chi connectivity index (χ4n) is 2.35. The molecule has 1 aromatic carbocycles. The van der Waals surface area contributed by atoms with Crippen molar-refractivity contribution in [3.05, 3.63) is 58.6 Å². The minimum atomic E-state index is 0.493. The summed E-state index contributed by atoms with van der Waals surface area (Å²) in [7, 11) is 0. The Bertz CT molecular complexity index is 763. The molecule has 0 aliphatic heterocycles. The van der Waals surface area contributed by atoms with Gasteiger partial charge in [-0.25, -0.2) is 4.98 Å². The molecule has 21 heavy (non-hydrogen) atoms. The van der Waals surface area contributed by atoms with Crippen molar-refractivity contribution in [2.75, 3.05) is 0 Å². The molecule has 0 atom stereocenters. The van der Waals surface area contributed by atoms with Crippen molar-refractivity contribution in [1.82, 2.24) is 9.97 Å². The summed E-state index contributed by atoms with van der Waals surface area (Å²) >= 11 is 1.63. The molecule has 0 fully saturated rings. The second-order valence-corrected chi connectivity index (χ2v) is 6.12. The maximum Gasteiger partial charge on any atom is 0.143 e. The van der Waals surface area contributed by atoms with Crippen LogP contribution in [-0.4, -0.2) is 9.97 Å². The first kappa shape index (κ1) is 13.9. The molecule has 3 aromatic rings. The van der Waals surface area contributed by atoms with E-state index in [0.29, 0.717) is 6.54 Å². The third-order valence-corrected chi connectivity index (χ3v) is 4.43. The maximum absolute atomic E-state index is 5.89. The van der Waals surface area contributed by atoms with E-state index in [9.17, 15) is 0 Å². The first-order chi connectivity index (χ1) is 10.2. The molecule has 0 aliphatic rings. The number of nitrogens with zero attached hydrogens (tertiary/aromatic N) is 2. The zero-order valence-corrected chi connectivity index (χ0v) is 12.9. The van der Waals surface area contributed by atoms with Crippen molar-refractivity contribution in [1.29, 1.82) is 0 Å². The van der Waals surface area contributed by atoms with Gasteiger partial charge in [0.05, 0.1) is 5.69 Å². The molecule has 0 bridgehead atoms. The van der Waals surface area contributed by atoms with E-state index >= 15 is 0 Å². The number of hydrogen-bond donors (Lipinski definition) is 1. The molecule has 2 N–H and O–H groups in total. The van der Waals surface area contributed by atoms with Gasteiger partial charge < -0.3 is 5.73 Å². The summed E-state index contributed by atoms with van der Waals surface area (Å²) in [6.07, 6.45) is 1.88. The smallest absolute Gasteiger partial charge is 0.143 e. The van der Waals surface area contributed by atoms with Crippen LogP contribution in [-0.2, 0) is 6.54 Å². The molecule has 0 unspecified atom stereocenters. The van der Waals surface area contributed by atoms with Crippen LogP contribution in [0.15, 0.2) is 42.6 Å². The van der Waals surface area contributed by atoms with Crippen molar-refractivity contribution >= 4 is 11.3 Å². The quantitative estimate of drug-likeness (QED) is 0.796. The molecule has 0 aliphatic carbocycles. The van der Waals surface area contributed by atoms with Crippen molar-refractivity contribution in [3.8, 4) is 22.0 Å². The highest BCUT2D eigenvalue weighted by Crippen LogP contribution is 2.34. The second-order valence-electron chi connectivity index (χ2n) is 5.04. The molecular formula is C17H17N3S. The number of aryl methyl sites for hydroxylation is 2. The Kier molecular flexibility index (Phi) is 3.82. The molecule has 3 nitrogen and oxygen atoms in total. The van der Waals surface area contributed by atoms with Crippen molar-refractivity contribution in [3.63, 3.8) is 0 Å². The van der Waals surface area contributed by atoms with Crippen LogP contribution in [0.1, 0.15) is 16.0 Å². The summed E-state index contributed by atoms with van der Waals surface area (Å²) < 4.78 is 0. The minimum Gasteiger partial charge on any atom is -0.326 e. The van der Waals surface area contributed by atoms with Crippen molar-refractivity contribution in [2.24, 2.45) is 5.73 Å². The predicted molar refractivity (Wildman–Crippen MR) is 88.1 cm³/mol. The fraction of sp³-hybridized carbons (Fsp3) is 0.176. The average molecular weight is 295 g/mol. The van der Waals surface area contributed by atoms with Crippen LogP contribution in [0.3, 0.4) is 0 Å². The minimum absolute atomic E-state index is 0.493. The zero-order chi connectivity index (χ0) is 14.8. The van der Waals surface area contributed by atoms with Gasteiger partial charge in [0, 0.05) is 23.2 Å². The highest BCUT2D eigenvalue weighted by molar-refractivity contribution is 7.15. The Morgan fingerprint density at radius 2 is 1.86 bits per heavy atom. The molecule has 0 saturated heterocycles. The molecule has 2 heterocycles. The Morgan fingerprint density at radius 1 is 1.10 bits per heavy atom. The molecule has 4 heteroatoms. The summed E-state index contributed by atoms with van der Waals surface area (Å²) in [4.78, 5) is 10.4. The maximum atomic E-state index is 5.89. The van der Waals surface area contributed by atoms with Crippen LogP contribution in [0.2, 0.25) is 0 Å². The van der Waals surface area contributed by atoms with Gasteiger partial charge in [-0.1, -0.05) is 36.4 Å². The molecule has 106 valence electrons. The van der Waals surface area contributed by atoms with Crippen molar-refractivity contribution in [2.45, 2.75) is 20.4 Å². The lowest BCUT2D eigenvalue weighted by Gasteiger charge is -2.02. The van der Waals surface area contributed by atoms with Gasteiger partial charge in [-0.05, 0) is 25.0 Å². The number of hydrogen-bond acceptors (Lipinski definition) is 4. The van der Waals surface area contributed by atoms with E-state index in [4.69, 9.17) is 10.7 Å². The third-order valence-electron chi connectivity index (χ3n) is 3.35. The molecule has 3 rings (SSSR count). The average Bonchev–Trinajstić information content (AvgIpc) is 2.92. The lowest BCUT2D eigenvalue weighted by molar-refractivity contribution is 1.10. The van der Waals surface area contributed by atoms with E-state index in [1.165, 1.54) is 0 Å². The fourth-order valence-corrected chi connectivity index (χ4v) is 3.38. The normalized spacial score (nSPS) is 10.8. The first-order valence-corrected chi connectivity index (χ1v) is 7.69. The van der Waals surface area contributed by atoms with E-state index in [2.05, 4.69) is 30.1 Å². The number of thiazole rings is 1. The zero-order valence-electron chi connectivity index (χ0n) is 12.1. The largest absolute Gasteiger partial charge is 0.326 e. The van der Waals surface area contributed by atoms with Gasteiger partial charge >= 0.3 is 0 Å². The van der Waals surface area contributed by atoms with Gasteiger partial charge in [0.15, 0.2) is 0 Å². The number of pyridine rings is 1. The van der Waals surface area contributed by atoms with Crippen LogP contribution in [0, 0.1) is 13.8 Å². The number of aromatic nitrogens is 2. The Balaban J connectivity index is 2.12. The highest BCUT2D eigenvalue weighted by atomic mass is 32.1. The van der Waals surface area contributed by atoms with Crippen LogP contribution in [0.5, 0.6) is 0 Å². The molecule has 2 aromatic heterocycles. The van der Waals surface area contributed by atoms with Crippen LogP contribution >= 0.6 is 11.3 Å². The number of nitrogens with two attached hydrogens (primary N) is 1. The Morgan fingerprint density at radius 3 is 2.52 bits per heavy atom. The molecular weight excluding hydrogens is 278 g/mol. The van der Waals surface area contributed by atoms with Gasteiger partial charge in [0.25, 0.3) is 0 Å². The molecule has 0 spiro atoms. The Hall–Kier alpha value is -2.04. The Labute approximate surface area is 128 Å². The van der Waals surface area contributed by atoms with Gasteiger partial charge in [0.2, 0.25) is 0 Å². The van der Waals surface area contributed by atoms with Gasteiger partial charge in [-0.15, -0.1) is 11.3 Å². The number of rotatable bonds is 3. The van der Waals surface area contributed by atoms with Crippen LogP contribution in [0.25, 0.3) is 22.0 Å². The van der Waals surface area contributed by atoms with E-state index in [-0.39, 0.29) is 0 Å². The summed E-state index contributed by atoms with van der Waals surface area (Å²) in [6, 6.07) is 12.3. The molecule has 0 saturated carbocycles. The summed E-state index contributed by atoms with van der Waals surface area (Å²) in [5.74, 6) is 0. The highest BCUT2D eigenvalue weighted by Gasteiger charge is 2.15. The van der Waals surface area contributed by atoms with Gasteiger partial charge in [0.1, 0.15) is 10.7 Å². The monoisotopic (exact) mass is 295 g/mol. The van der Waals surface area contributed by atoms with E-state index in [1.54, 1.807) is 11.3 Å². The standard InChI is InChI=1S/C17H17N3S/c1-11-8-12(2)15(19-10-11)17-20-16(14(9-18)21-17)13-6-4-3-5-7-13/h3-8,10H,9,18H2,1-2H3. The first-order valence-electron chi connectivity index (χ1n) is 6.88. The van der Waals surface area contributed by atoms with E-state index in [0.717, 1.165) is 38.0 Å². The molecule has 0 amide bonds. The van der Waals surface area contributed by atoms with E-state index in [1.807, 2.05) is 31.3 Å². The lowest BCUT2D eigenvalue weighted by atomic mass is 10.1. The van der Waals surface area contributed by atoms with Gasteiger partial charge in [-0.2, -0.15) is 0 Å². The summed E-state index contributed by atoms with van der Waals surface area (Å²) in [5, 5.41) is 0.937. The lowest BCUT2D eigenvalue weighted by Crippen LogP contribution is -1.95. The van der Waals surface area contributed by atoms with Crippen LogP contribution in [0.4, 0.5) is 0 Å². The summed E-state index contributed by atoms with van der Waals surface area (Å²) in [5.41, 5.74) is 11.2. The van der Waals surface area contributed by atoms with E-state index < -0.39 is 0 Å². The predicted octanol–water partition coefficient (Wildman–Crippen LogP) is 3.95. The van der Waals surface area contributed by atoms with Crippen molar-refractivity contribution < 1.29 is 0 Å². The van der Waals surface area contributed by atoms with Gasteiger partial charge in [-0.3, -0.25) is 4.98 Å². The summed E-state index contributed by atoms with van der Waals surface area (Å²) in [6.45, 7) is 4.61. The third kappa shape index (κ3) is 2.73. The second kappa shape index (κ2) is 5.76. The topological polar surface area (TPSA) is 51.8 Å². The molecule has 0 radical (unpaired) electrons. The SMILES string of the molecule is Cc1cnc(-c2nc(-c3ccccc3)c(CN)s2)c(C)c1. The number of benzene rings is 1. The van der Waals surface area contributed by atoms with Crippen LogP contribution < -0.4 is 5.73 Å².